The molecule has 1 fully saturated rings. The molecule has 1 aromatic carbocycles. The number of aromatic nitrogens is 2. The van der Waals surface area contributed by atoms with E-state index in [1.807, 2.05) is 18.4 Å². The zero-order chi connectivity index (χ0) is 23.5. The van der Waals surface area contributed by atoms with Gasteiger partial charge >= 0.3 is 5.97 Å². The summed E-state index contributed by atoms with van der Waals surface area (Å²) in [4.78, 5) is 41.6. The Kier molecular flexibility index (Phi) is 7.41. The topological polar surface area (TPSA) is 101 Å². The maximum Gasteiger partial charge on any atom is 0.306 e. The van der Waals surface area contributed by atoms with E-state index in [1.54, 1.807) is 22.8 Å². The first-order valence-electron chi connectivity index (χ1n) is 10.7. The largest absolute Gasteiger partial charge is 0.481 e. The lowest BCUT2D eigenvalue weighted by molar-refractivity contribution is -0.143. The minimum absolute atomic E-state index is 0.0814. The van der Waals surface area contributed by atoms with Gasteiger partial charge in [0.15, 0.2) is 5.16 Å². The molecule has 2 N–H and O–H groups in total. The molecule has 3 aromatic rings. The first-order valence-corrected chi connectivity index (χ1v) is 13.0. The number of fused-ring (bicyclic) bond motifs is 1. The molecule has 0 spiro atoms. The van der Waals surface area contributed by atoms with Crippen molar-refractivity contribution in [1.82, 2.24) is 9.55 Å². The van der Waals surface area contributed by atoms with Crippen LogP contribution in [0.2, 0.25) is 5.02 Å². The van der Waals surface area contributed by atoms with Crippen molar-refractivity contribution >= 4 is 62.5 Å². The van der Waals surface area contributed by atoms with Gasteiger partial charge in [-0.1, -0.05) is 29.4 Å². The molecule has 0 unspecified atom stereocenters. The fraction of sp³-hybridized carbons (Fsp3) is 0.391. The Labute approximate surface area is 204 Å². The van der Waals surface area contributed by atoms with E-state index in [4.69, 9.17) is 11.6 Å². The van der Waals surface area contributed by atoms with Crippen molar-refractivity contribution in [2.75, 3.05) is 11.1 Å². The molecule has 0 atom stereocenters. The average molecular weight is 506 g/mol. The number of nitrogens with one attached hydrogen (secondary N) is 1. The van der Waals surface area contributed by atoms with E-state index in [0.29, 0.717) is 45.5 Å². The number of aliphatic carboxylic acids is 1. The number of benzene rings is 1. The highest BCUT2D eigenvalue weighted by Gasteiger charge is 2.27. The number of nitrogens with zero attached hydrogens (tertiary/aromatic N) is 2. The molecule has 33 heavy (non-hydrogen) atoms. The van der Waals surface area contributed by atoms with Crippen molar-refractivity contribution in [2.45, 2.75) is 44.3 Å². The van der Waals surface area contributed by atoms with Gasteiger partial charge in [-0.2, -0.15) is 0 Å². The maximum atomic E-state index is 13.2. The summed E-state index contributed by atoms with van der Waals surface area (Å²) in [5.74, 6) is -1.00. The van der Waals surface area contributed by atoms with Gasteiger partial charge in [0.2, 0.25) is 5.91 Å². The molecule has 4 rings (SSSR count). The summed E-state index contributed by atoms with van der Waals surface area (Å²) in [6.45, 7) is 2.40. The lowest BCUT2D eigenvalue weighted by Gasteiger charge is -2.27. The lowest BCUT2D eigenvalue weighted by Crippen LogP contribution is -2.30. The van der Waals surface area contributed by atoms with Gasteiger partial charge in [-0.3, -0.25) is 19.0 Å². The number of carboxylic acids is 1. The van der Waals surface area contributed by atoms with Gasteiger partial charge < -0.3 is 10.4 Å². The Morgan fingerprint density at radius 2 is 2.03 bits per heavy atom. The van der Waals surface area contributed by atoms with E-state index in [1.165, 1.54) is 23.1 Å². The minimum Gasteiger partial charge on any atom is -0.481 e. The van der Waals surface area contributed by atoms with Crippen LogP contribution in [0.4, 0.5) is 5.69 Å². The second-order valence-electron chi connectivity index (χ2n) is 8.32. The number of carbonyl (C=O) groups is 2. The summed E-state index contributed by atoms with van der Waals surface area (Å²) in [6.07, 6.45) is 2.74. The third-order valence-electron chi connectivity index (χ3n) is 5.90. The highest BCUT2D eigenvalue weighted by Crippen LogP contribution is 2.31. The number of amides is 1. The Bertz CT molecular complexity index is 1250. The van der Waals surface area contributed by atoms with Crippen LogP contribution in [0.1, 0.15) is 31.2 Å². The second kappa shape index (κ2) is 10.3. The first-order chi connectivity index (χ1) is 15.8. The van der Waals surface area contributed by atoms with Crippen molar-refractivity contribution in [3.63, 3.8) is 0 Å². The van der Waals surface area contributed by atoms with Crippen molar-refractivity contribution < 1.29 is 14.7 Å². The standard InChI is InChI=1S/C23H24ClN3O4S2/c1-13-2-7-17(16(24)10-13)25-19(28)12-33-23-26-18-8-9-32-20(18)21(29)27(23)11-14-3-5-15(6-4-14)22(30)31/h2,7-10,14-15H,3-6,11-12H2,1H3,(H,25,28)(H,30,31). The van der Waals surface area contributed by atoms with Gasteiger partial charge in [0.05, 0.1) is 27.9 Å². The van der Waals surface area contributed by atoms with Crippen LogP contribution in [-0.2, 0) is 16.1 Å². The quantitative estimate of drug-likeness (QED) is 0.344. The van der Waals surface area contributed by atoms with Crippen LogP contribution >= 0.6 is 34.7 Å². The number of rotatable bonds is 7. The molecule has 2 heterocycles. The Morgan fingerprint density at radius 1 is 1.27 bits per heavy atom. The highest BCUT2D eigenvalue weighted by molar-refractivity contribution is 7.99. The summed E-state index contributed by atoms with van der Waals surface area (Å²) in [5, 5.41) is 14.9. The average Bonchev–Trinajstić information content (AvgIpc) is 3.26. The minimum atomic E-state index is -0.747. The van der Waals surface area contributed by atoms with Crippen molar-refractivity contribution in [3.8, 4) is 0 Å². The third kappa shape index (κ3) is 5.59. The zero-order valence-electron chi connectivity index (χ0n) is 18.0. The Hall–Kier alpha value is -2.36. The van der Waals surface area contributed by atoms with Crippen LogP contribution < -0.4 is 10.9 Å². The Balaban J connectivity index is 1.50. The molecule has 1 amide bonds. The predicted octanol–water partition coefficient (Wildman–Crippen LogP) is 5.04. The summed E-state index contributed by atoms with van der Waals surface area (Å²) in [6, 6.07) is 7.23. The fourth-order valence-electron chi connectivity index (χ4n) is 4.08. The van der Waals surface area contributed by atoms with Crippen molar-refractivity contribution in [2.24, 2.45) is 11.8 Å². The predicted molar refractivity (Wildman–Crippen MR) is 133 cm³/mol. The number of carboxylic acid groups (broad SMARTS) is 1. The van der Waals surface area contributed by atoms with Crippen LogP contribution in [0.25, 0.3) is 10.2 Å². The SMILES string of the molecule is Cc1ccc(NC(=O)CSc2nc3ccsc3c(=O)n2CC2CCC(C(=O)O)CC2)c(Cl)c1. The number of thiophene rings is 1. The number of carbonyl (C=O) groups excluding carboxylic acids is 1. The first kappa shape index (κ1) is 23.8. The molecule has 7 nitrogen and oxygen atoms in total. The fourth-order valence-corrected chi connectivity index (χ4v) is 5.95. The van der Waals surface area contributed by atoms with Crippen LogP contribution in [0, 0.1) is 18.8 Å². The zero-order valence-corrected chi connectivity index (χ0v) is 20.4. The number of anilines is 1. The molecule has 0 radical (unpaired) electrons. The second-order valence-corrected chi connectivity index (χ2v) is 10.6. The number of aryl methyl sites for hydroxylation is 1. The van der Waals surface area contributed by atoms with E-state index in [-0.39, 0.29) is 29.1 Å². The highest BCUT2D eigenvalue weighted by atomic mass is 35.5. The van der Waals surface area contributed by atoms with E-state index in [9.17, 15) is 19.5 Å². The van der Waals surface area contributed by atoms with Crippen molar-refractivity contribution in [1.29, 1.82) is 0 Å². The summed E-state index contributed by atoms with van der Waals surface area (Å²) in [7, 11) is 0. The molecule has 1 saturated carbocycles. The lowest BCUT2D eigenvalue weighted by atomic mass is 9.82. The van der Waals surface area contributed by atoms with E-state index in [2.05, 4.69) is 10.3 Å². The van der Waals surface area contributed by atoms with Crippen LogP contribution in [0.5, 0.6) is 0 Å². The molecule has 1 aliphatic rings. The number of thioether (sulfide) groups is 1. The van der Waals surface area contributed by atoms with E-state index >= 15 is 0 Å². The molecule has 0 bridgehead atoms. The van der Waals surface area contributed by atoms with Crippen LogP contribution in [-0.4, -0.2) is 32.3 Å². The monoisotopic (exact) mass is 505 g/mol. The molecule has 1 aliphatic carbocycles. The molecule has 0 aliphatic heterocycles. The number of hydrogen-bond donors (Lipinski definition) is 2. The molecular weight excluding hydrogens is 482 g/mol. The third-order valence-corrected chi connectivity index (χ3v) is 8.08. The summed E-state index contributed by atoms with van der Waals surface area (Å²) in [5.41, 5.74) is 2.06. The molecule has 174 valence electrons. The van der Waals surface area contributed by atoms with Crippen LogP contribution in [0.3, 0.4) is 0 Å². The van der Waals surface area contributed by atoms with Crippen LogP contribution in [0.15, 0.2) is 39.6 Å². The molecule has 2 aromatic heterocycles. The van der Waals surface area contributed by atoms with E-state index in [0.717, 1.165) is 18.4 Å². The van der Waals surface area contributed by atoms with Gasteiger partial charge in [-0.25, -0.2) is 4.98 Å². The smallest absolute Gasteiger partial charge is 0.306 e. The Morgan fingerprint density at radius 3 is 2.73 bits per heavy atom. The summed E-state index contributed by atoms with van der Waals surface area (Å²) >= 11 is 8.79. The maximum absolute atomic E-state index is 13.2. The number of hydrogen-bond acceptors (Lipinski definition) is 6. The normalized spacial score (nSPS) is 18.4. The molecular formula is C23H24ClN3O4S2. The van der Waals surface area contributed by atoms with Gasteiger partial charge in [-0.05, 0) is 67.7 Å². The van der Waals surface area contributed by atoms with E-state index < -0.39 is 5.97 Å². The van der Waals surface area contributed by atoms with Gasteiger partial charge in [0, 0.05) is 6.54 Å². The van der Waals surface area contributed by atoms with Gasteiger partial charge in [0.25, 0.3) is 5.56 Å². The van der Waals surface area contributed by atoms with Gasteiger partial charge in [-0.15, -0.1) is 11.3 Å². The van der Waals surface area contributed by atoms with Gasteiger partial charge in [0.1, 0.15) is 4.70 Å². The number of halogens is 1. The van der Waals surface area contributed by atoms with Crippen molar-refractivity contribution in [3.05, 3.63) is 50.6 Å². The summed E-state index contributed by atoms with van der Waals surface area (Å²) < 4.78 is 2.25. The molecule has 10 heteroatoms. The molecule has 0 saturated heterocycles.